The number of rotatable bonds is 3. The van der Waals surface area contributed by atoms with Crippen LogP contribution in [0.4, 0.5) is 4.79 Å². The number of carbonyl (C=O) groups is 2. The summed E-state index contributed by atoms with van der Waals surface area (Å²) in [4.78, 5) is 27.8. The van der Waals surface area contributed by atoms with Crippen LogP contribution < -0.4 is 0 Å². The monoisotopic (exact) mass is 490 g/mol. The first kappa shape index (κ1) is 26.0. The third-order valence-corrected chi connectivity index (χ3v) is 7.39. The van der Waals surface area contributed by atoms with Gasteiger partial charge in [0.1, 0.15) is 5.60 Å². The van der Waals surface area contributed by atoms with E-state index in [4.69, 9.17) is 4.74 Å². The predicted molar refractivity (Wildman–Crippen MR) is 142 cm³/mol. The highest BCUT2D eigenvalue weighted by Crippen LogP contribution is 2.32. The highest BCUT2D eigenvalue weighted by atomic mass is 16.6. The molecule has 1 atom stereocenters. The summed E-state index contributed by atoms with van der Waals surface area (Å²) in [5, 5.41) is 11.7. The van der Waals surface area contributed by atoms with Gasteiger partial charge in [-0.1, -0.05) is 42.2 Å². The summed E-state index contributed by atoms with van der Waals surface area (Å²) in [5.74, 6) is 6.27. The molecule has 1 unspecified atom stereocenters. The van der Waals surface area contributed by atoms with E-state index in [1.807, 2.05) is 20.8 Å². The number of piperidine rings is 2. The standard InChI is InChI=1S/C30H38N2O4/c1-21(31-19-15-24(16-20-31)28(33)34)25-12-11-23(26-7-5-6-8-27(25)26)10-9-22-13-17-32(18-14-22)29(35)36-30(2,3)4/h5-8,11-12,21-22,24H,13-20H2,1-4H3,(H,33,34). The molecule has 2 fully saturated rings. The van der Waals surface area contributed by atoms with E-state index < -0.39 is 11.6 Å². The number of ether oxygens (including phenoxy) is 1. The van der Waals surface area contributed by atoms with Crippen LogP contribution in [0.5, 0.6) is 0 Å². The van der Waals surface area contributed by atoms with Gasteiger partial charge in [0.2, 0.25) is 0 Å². The fraction of sp³-hybridized carbons (Fsp3) is 0.533. The van der Waals surface area contributed by atoms with Crippen LogP contribution in [0.15, 0.2) is 36.4 Å². The summed E-state index contributed by atoms with van der Waals surface area (Å²) in [6, 6.07) is 12.9. The highest BCUT2D eigenvalue weighted by molar-refractivity contribution is 5.91. The molecule has 2 heterocycles. The number of likely N-dealkylation sites (tertiary alicyclic amines) is 2. The molecule has 0 aliphatic carbocycles. The van der Waals surface area contributed by atoms with Crippen molar-refractivity contribution in [3.8, 4) is 11.8 Å². The summed E-state index contributed by atoms with van der Waals surface area (Å²) in [6.45, 7) is 10.8. The maximum Gasteiger partial charge on any atom is 0.410 e. The first-order chi connectivity index (χ1) is 17.1. The number of carboxylic acids is 1. The molecule has 1 amide bonds. The van der Waals surface area contributed by atoms with Crippen LogP contribution in [0.25, 0.3) is 10.8 Å². The molecule has 0 radical (unpaired) electrons. The van der Waals surface area contributed by atoms with Crippen molar-refractivity contribution in [2.75, 3.05) is 26.2 Å². The summed E-state index contributed by atoms with van der Waals surface area (Å²) in [7, 11) is 0. The molecule has 2 aromatic carbocycles. The summed E-state index contributed by atoms with van der Waals surface area (Å²) in [5.41, 5.74) is 1.81. The van der Waals surface area contributed by atoms with E-state index in [-0.39, 0.29) is 24.0 Å². The van der Waals surface area contributed by atoms with Gasteiger partial charge in [-0.3, -0.25) is 9.69 Å². The van der Waals surface area contributed by atoms with Crippen molar-refractivity contribution >= 4 is 22.8 Å². The minimum absolute atomic E-state index is 0.212. The van der Waals surface area contributed by atoms with E-state index in [0.717, 1.165) is 36.9 Å². The molecular formula is C30H38N2O4. The molecule has 2 saturated heterocycles. The normalized spacial score (nSPS) is 18.9. The van der Waals surface area contributed by atoms with Gasteiger partial charge in [-0.15, -0.1) is 0 Å². The second-order valence-electron chi connectivity index (χ2n) is 11.1. The third kappa shape index (κ3) is 6.20. The Balaban J connectivity index is 1.45. The Hall–Kier alpha value is -3.04. The van der Waals surface area contributed by atoms with Crippen molar-refractivity contribution in [1.82, 2.24) is 9.80 Å². The Morgan fingerprint density at radius 1 is 0.972 bits per heavy atom. The van der Waals surface area contributed by atoms with Gasteiger partial charge in [0, 0.05) is 30.6 Å². The molecule has 1 N–H and O–H groups in total. The number of hydrogen-bond donors (Lipinski definition) is 1. The number of carbonyl (C=O) groups excluding carboxylic acids is 1. The first-order valence-corrected chi connectivity index (χ1v) is 13.1. The number of nitrogens with zero attached hydrogens (tertiary/aromatic N) is 2. The average molecular weight is 491 g/mol. The van der Waals surface area contributed by atoms with Crippen LogP contribution in [0.3, 0.4) is 0 Å². The van der Waals surface area contributed by atoms with Crippen molar-refractivity contribution in [1.29, 1.82) is 0 Å². The number of fused-ring (bicyclic) bond motifs is 1. The zero-order valence-corrected chi connectivity index (χ0v) is 21.9. The zero-order valence-electron chi connectivity index (χ0n) is 21.9. The number of carboxylic acid groups (broad SMARTS) is 1. The minimum Gasteiger partial charge on any atom is -0.481 e. The molecule has 4 rings (SSSR count). The molecule has 0 spiro atoms. The van der Waals surface area contributed by atoms with Crippen molar-refractivity contribution in [2.24, 2.45) is 11.8 Å². The fourth-order valence-electron chi connectivity index (χ4n) is 5.24. The molecule has 0 bridgehead atoms. The molecule has 6 nitrogen and oxygen atoms in total. The Labute approximate surface area is 214 Å². The van der Waals surface area contributed by atoms with Gasteiger partial charge in [0.05, 0.1) is 5.92 Å². The molecule has 6 heteroatoms. The van der Waals surface area contributed by atoms with Crippen LogP contribution in [-0.4, -0.2) is 58.7 Å². The average Bonchev–Trinajstić information content (AvgIpc) is 2.86. The fourth-order valence-corrected chi connectivity index (χ4v) is 5.24. The lowest BCUT2D eigenvalue weighted by molar-refractivity contribution is -0.143. The quantitative estimate of drug-likeness (QED) is 0.559. The molecule has 2 aliphatic rings. The van der Waals surface area contributed by atoms with Gasteiger partial charge in [0.25, 0.3) is 0 Å². The molecule has 36 heavy (non-hydrogen) atoms. The SMILES string of the molecule is CC(c1ccc(C#CC2CCN(C(=O)OC(C)(C)C)CC2)c2ccccc12)N1CCC(C(=O)O)CC1. The van der Waals surface area contributed by atoms with Crippen LogP contribution in [0.2, 0.25) is 0 Å². The summed E-state index contributed by atoms with van der Waals surface area (Å²) < 4.78 is 5.50. The maximum atomic E-state index is 12.3. The largest absolute Gasteiger partial charge is 0.481 e. The summed E-state index contributed by atoms with van der Waals surface area (Å²) in [6.07, 6.45) is 2.87. The van der Waals surface area contributed by atoms with Crippen molar-refractivity contribution in [2.45, 2.75) is 65.0 Å². The van der Waals surface area contributed by atoms with Gasteiger partial charge in [-0.05, 0) is 88.9 Å². The van der Waals surface area contributed by atoms with E-state index >= 15 is 0 Å². The van der Waals surface area contributed by atoms with Gasteiger partial charge < -0.3 is 14.7 Å². The van der Waals surface area contributed by atoms with Crippen LogP contribution >= 0.6 is 0 Å². The maximum absolute atomic E-state index is 12.3. The van der Waals surface area contributed by atoms with Gasteiger partial charge in [-0.2, -0.15) is 0 Å². The van der Waals surface area contributed by atoms with E-state index in [9.17, 15) is 14.7 Å². The van der Waals surface area contributed by atoms with Gasteiger partial charge >= 0.3 is 12.1 Å². The predicted octanol–water partition coefficient (Wildman–Crippen LogP) is 5.70. The van der Waals surface area contributed by atoms with Gasteiger partial charge in [0.15, 0.2) is 0 Å². The zero-order chi connectivity index (χ0) is 25.9. The lowest BCUT2D eigenvalue weighted by atomic mass is 9.91. The Morgan fingerprint density at radius 3 is 2.22 bits per heavy atom. The van der Waals surface area contributed by atoms with E-state index in [0.29, 0.717) is 25.9 Å². The second-order valence-corrected chi connectivity index (χ2v) is 11.1. The van der Waals surface area contributed by atoms with Crippen LogP contribution in [0, 0.1) is 23.7 Å². The van der Waals surface area contributed by atoms with Crippen molar-refractivity contribution in [3.05, 3.63) is 47.5 Å². The number of aliphatic carboxylic acids is 1. The molecule has 0 saturated carbocycles. The number of amides is 1. The molecule has 0 aromatic heterocycles. The summed E-state index contributed by atoms with van der Waals surface area (Å²) >= 11 is 0. The molecular weight excluding hydrogens is 452 g/mol. The lowest BCUT2D eigenvalue weighted by Gasteiger charge is -2.35. The number of benzene rings is 2. The van der Waals surface area contributed by atoms with E-state index in [2.05, 4.69) is 60.1 Å². The Kier molecular flexibility index (Phi) is 7.90. The first-order valence-electron chi connectivity index (χ1n) is 13.1. The van der Waals surface area contributed by atoms with Crippen LogP contribution in [-0.2, 0) is 9.53 Å². The van der Waals surface area contributed by atoms with E-state index in [1.54, 1.807) is 4.90 Å². The minimum atomic E-state index is -0.675. The van der Waals surface area contributed by atoms with Crippen LogP contribution in [0.1, 0.15) is 70.5 Å². The topological polar surface area (TPSA) is 70.1 Å². The van der Waals surface area contributed by atoms with Gasteiger partial charge in [-0.25, -0.2) is 4.79 Å². The van der Waals surface area contributed by atoms with Crippen molar-refractivity contribution < 1.29 is 19.4 Å². The Bertz CT molecular complexity index is 1160. The smallest absolute Gasteiger partial charge is 0.410 e. The highest BCUT2D eigenvalue weighted by Gasteiger charge is 2.28. The molecule has 2 aliphatic heterocycles. The number of hydrogen-bond acceptors (Lipinski definition) is 4. The lowest BCUT2D eigenvalue weighted by Crippen LogP contribution is -2.41. The molecule has 2 aromatic rings. The second kappa shape index (κ2) is 10.9. The third-order valence-electron chi connectivity index (χ3n) is 7.39. The van der Waals surface area contributed by atoms with E-state index in [1.165, 1.54) is 10.9 Å². The Morgan fingerprint density at radius 2 is 1.61 bits per heavy atom. The van der Waals surface area contributed by atoms with Crippen molar-refractivity contribution in [3.63, 3.8) is 0 Å². The molecule has 192 valence electrons.